The number of carbonyl (C=O) groups excluding carboxylic acids is 1. The molecule has 26 heavy (non-hydrogen) atoms. The van der Waals surface area contributed by atoms with Crippen LogP contribution in [0.1, 0.15) is 35.2 Å². The molecular weight excluding hydrogens is 352 g/mol. The Balaban J connectivity index is 1.46. The molecule has 0 saturated heterocycles. The lowest BCUT2D eigenvalue weighted by Crippen LogP contribution is -2.40. The first-order valence-corrected chi connectivity index (χ1v) is 9.50. The van der Waals surface area contributed by atoms with Crippen molar-refractivity contribution in [2.75, 3.05) is 11.9 Å². The molecule has 4 rings (SSSR count). The van der Waals surface area contributed by atoms with Crippen LogP contribution in [0.5, 0.6) is 0 Å². The molecule has 2 aliphatic rings. The summed E-state index contributed by atoms with van der Waals surface area (Å²) < 4.78 is 1.87. The maximum atomic E-state index is 12.9. The quantitative estimate of drug-likeness (QED) is 0.768. The Bertz CT molecular complexity index is 793. The summed E-state index contributed by atoms with van der Waals surface area (Å²) in [6.07, 6.45) is 6.48. The van der Waals surface area contributed by atoms with Gasteiger partial charge < -0.3 is 15.7 Å². The number of hydrogen-bond acceptors (Lipinski definition) is 4. The highest BCUT2D eigenvalue weighted by Crippen LogP contribution is 2.31. The maximum Gasteiger partial charge on any atom is 0.253 e. The normalized spacial score (nSPS) is 24.8. The van der Waals surface area contributed by atoms with E-state index in [0.717, 1.165) is 43.6 Å². The van der Waals surface area contributed by atoms with Crippen molar-refractivity contribution < 1.29 is 9.90 Å². The lowest BCUT2D eigenvalue weighted by atomic mass is 9.98. The van der Waals surface area contributed by atoms with Gasteiger partial charge in [-0.05, 0) is 55.4 Å². The fraction of sp³-hybridized carbons (Fsp3) is 0.474. The van der Waals surface area contributed by atoms with E-state index < -0.39 is 6.10 Å². The number of amides is 1. The van der Waals surface area contributed by atoms with Crippen LogP contribution in [0.15, 0.2) is 30.6 Å². The van der Waals surface area contributed by atoms with Crippen molar-refractivity contribution >= 4 is 23.2 Å². The highest BCUT2D eigenvalue weighted by Gasteiger charge is 2.35. The molecular formula is C19H23ClN4O2. The number of anilines is 1. The molecule has 0 radical (unpaired) electrons. The van der Waals surface area contributed by atoms with Gasteiger partial charge in [0.25, 0.3) is 5.91 Å². The van der Waals surface area contributed by atoms with Gasteiger partial charge in [-0.15, -0.1) is 0 Å². The van der Waals surface area contributed by atoms with Crippen molar-refractivity contribution in [1.29, 1.82) is 0 Å². The molecule has 1 aliphatic carbocycles. The van der Waals surface area contributed by atoms with Crippen LogP contribution < -0.4 is 10.6 Å². The van der Waals surface area contributed by atoms with E-state index in [4.69, 9.17) is 11.6 Å². The van der Waals surface area contributed by atoms with Crippen molar-refractivity contribution in [1.82, 2.24) is 15.1 Å². The molecule has 2 aromatic rings. The number of fused-ring (bicyclic) bond motifs is 1. The highest BCUT2D eigenvalue weighted by atomic mass is 35.5. The van der Waals surface area contributed by atoms with Crippen LogP contribution in [0.2, 0.25) is 5.02 Å². The van der Waals surface area contributed by atoms with Crippen LogP contribution in [0.25, 0.3) is 0 Å². The number of nitrogens with one attached hydrogen (secondary N) is 2. The number of aliphatic hydroxyl groups excluding tert-OH is 1. The molecule has 0 spiro atoms. The van der Waals surface area contributed by atoms with E-state index in [-0.39, 0.29) is 11.9 Å². The summed E-state index contributed by atoms with van der Waals surface area (Å²) >= 11 is 6.21. The molecule has 138 valence electrons. The third-order valence-corrected chi connectivity index (χ3v) is 5.52. The van der Waals surface area contributed by atoms with E-state index in [0.29, 0.717) is 22.9 Å². The van der Waals surface area contributed by atoms with Crippen LogP contribution in [0, 0.1) is 5.92 Å². The van der Waals surface area contributed by atoms with Crippen LogP contribution in [0.3, 0.4) is 0 Å². The van der Waals surface area contributed by atoms with E-state index in [2.05, 4.69) is 15.7 Å². The summed E-state index contributed by atoms with van der Waals surface area (Å²) in [5.74, 6) is 0.114. The van der Waals surface area contributed by atoms with Gasteiger partial charge in [0, 0.05) is 30.5 Å². The molecule has 1 aromatic carbocycles. The zero-order valence-corrected chi connectivity index (χ0v) is 15.2. The molecule has 1 saturated carbocycles. The molecule has 2 heterocycles. The van der Waals surface area contributed by atoms with Gasteiger partial charge in [-0.25, -0.2) is 0 Å². The number of aryl methyl sites for hydroxylation is 1. The van der Waals surface area contributed by atoms with Crippen molar-refractivity contribution in [2.45, 2.75) is 44.4 Å². The smallest absolute Gasteiger partial charge is 0.253 e. The second kappa shape index (κ2) is 7.29. The SMILES string of the molecule is O=C(N[C@@H]1CC(Cn2cccn2)C[C@H]1O)c1cc(Cl)cc2c1NCCC2. The minimum Gasteiger partial charge on any atom is -0.391 e. The maximum absolute atomic E-state index is 12.9. The summed E-state index contributed by atoms with van der Waals surface area (Å²) in [6.45, 7) is 1.61. The summed E-state index contributed by atoms with van der Waals surface area (Å²) in [5, 5.41) is 21.5. The van der Waals surface area contributed by atoms with E-state index in [1.54, 1.807) is 12.3 Å². The second-order valence-electron chi connectivity index (χ2n) is 7.23. The molecule has 1 unspecified atom stereocenters. The number of nitrogens with zero attached hydrogens (tertiary/aromatic N) is 2. The van der Waals surface area contributed by atoms with Gasteiger partial charge in [-0.2, -0.15) is 5.10 Å². The predicted octanol–water partition coefficient (Wildman–Crippen LogP) is 2.46. The topological polar surface area (TPSA) is 79.2 Å². The summed E-state index contributed by atoms with van der Waals surface area (Å²) in [6, 6.07) is 5.27. The standard InChI is InChI=1S/C19H23ClN4O2/c20-14-9-13-3-1-4-21-18(13)15(10-14)19(26)23-16-7-12(8-17(16)25)11-24-6-2-5-22-24/h2,5-6,9-10,12,16-17,21,25H,1,3-4,7-8,11H2,(H,23,26)/t12?,16-,17-/m1/s1. The van der Waals surface area contributed by atoms with Gasteiger partial charge in [-0.3, -0.25) is 9.48 Å². The second-order valence-corrected chi connectivity index (χ2v) is 7.67. The Morgan fingerprint density at radius 1 is 1.42 bits per heavy atom. The van der Waals surface area contributed by atoms with Gasteiger partial charge in [-0.1, -0.05) is 11.6 Å². The van der Waals surface area contributed by atoms with Crippen molar-refractivity contribution in [3.63, 3.8) is 0 Å². The molecule has 0 bridgehead atoms. The molecule has 1 fully saturated rings. The van der Waals surface area contributed by atoms with E-state index in [1.807, 2.05) is 23.0 Å². The number of aliphatic hydroxyl groups is 1. The van der Waals surface area contributed by atoms with Crippen molar-refractivity contribution in [2.24, 2.45) is 5.92 Å². The first kappa shape index (κ1) is 17.4. The lowest BCUT2D eigenvalue weighted by molar-refractivity contribution is 0.0873. The number of aromatic nitrogens is 2. The fourth-order valence-electron chi connectivity index (χ4n) is 4.08. The van der Waals surface area contributed by atoms with Crippen molar-refractivity contribution in [3.05, 3.63) is 46.7 Å². The van der Waals surface area contributed by atoms with Crippen LogP contribution in [-0.2, 0) is 13.0 Å². The Kier molecular flexibility index (Phi) is 4.87. The zero-order valence-electron chi connectivity index (χ0n) is 14.5. The number of hydrogen-bond donors (Lipinski definition) is 3. The molecule has 1 aromatic heterocycles. The monoisotopic (exact) mass is 374 g/mol. The predicted molar refractivity (Wildman–Crippen MR) is 100 cm³/mol. The van der Waals surface area contributed by atoms with Crippen LogP contribution in [-0.4, -0.2) is 39.5 Å². The number of halogens is 1. The number of benzene rings is 1. The number of carbonyl (C=O) groups is 1. The zero-order chi connectivity index (χ0) is 18.1. The van der Waals surface area contributed by atoms with Gasteiger partial charge in [0.1, 0.15) is 0 Å². The Morgan fingerprint density at radius 2 is 2.31 bits per heavy atom. The first-order chi connectivity index (χ1) is 12.6. The molecule has 1 aliphatic heterocycles. The summed E-state index contributed by atoms with van der Waals surface area (Å²) in [5.41, 5.74) is 2.52. The van der Waals surface area contributed by atoms with E-state index >= 15 is 0 Å². The summed E-state index contributed by atoms with van der Waals surface area (Å²) in [4.78, 5) is 12.9. The molecule has 6 nitrogen and oxygen atoms in total. The highest BCUT2D eigenvalue weighted by molar-refractivity contribution is 6.31. The minimum atomic E-state index is -0.539. The fourth-order valence-corrected chi connectivity index (χ4v) is 4.32. The van der Waals surface area contributed by atoms with Crippen molar-refractivity contribution in [3.8, 4) is 0 Å². The van der Waals surface area contributed by atoms with Gasteiger partial charge in [0.05, 0.1) is 23.4 Å². The molecule has 3 N–H and O–H groups in total. The lowest BCUT2D eigenvalue weighted by Gasteiger charge is -2.23. The molecule has 7 heteroatoms. The Labute approximate surface area is 157 Å². The van der Waals surface area contributed by atoms with Crippen LogP contribution in [0.4, 0.5) is 5.69 Å². The third kappa shape index (κ3) is 3.57. The average molecular weight is 375 g/mol. The molecule has 3 atom stereocenters. The Hall–Kier alpha value is -2.05. The van der Waals surface area contributed by atoms with Gasteiger partial charge in [0.2, 0.25) is 0 Å². The molecule has 1 amide bonds. The first-order valence-electron chi connectivity index (χ1n) is 9.13. The minimum absolute atomic E-state index is 0.179. The van der Waals surface area contributed by atoms with E-state index in [9.17, 15) is 9.90 Å². The van der Waals surface area contributed by atoms with Gasteiger partial charge in [0.15, 0.2) is 0 Å². The largest absolute Gasteiger partial charge is 0.391 e. The van der Waals surface area contributed by atoms with Crippen LogP contribution >= 0.6 is 11.6 Å². The van der Waals surface area contributed by atoms with E-state index in [1.165, 1.54) is 0 Å². The number of rotatable bonds is 4. The van der Waals surface area contributed by atoms with Gasteiger partial charge >= 0.3 is 0 Å². The summed E-state index contributed by atoms with van der Waals surface area (Å²) in [7, 11) is 0. The third-order valence-electron chi connectivity index (χ3n) is 5.30. The Morgan fingerprint density at radius 3 is 3.12 bits per heavy atom. The average Bonchev–Trinajstić information content (AvgIpc) is 3.24.